The van der Waals surface area contributed by atoms with E-state index >= 15 is 0 Å². The molecule has 0 aliphatic carbocycles. The van der Waals surface area contributed by atoms with Gasteiger partial charge in [0.15, 0.2) is 6.10 Å². The van der Waals surface area contributed by atoms with Gasteiger partial charge in [0.1, 0.15) is 11.5 Å². The smallest absolute Gasteiger partial charge is 0.339 e. The number of nitrogens with zero attached hydrogens (tertiary/aromatic N) is 2. The van der Waals surface area contributed by atoms with Crippen LogP contribution in [0.15, 0.2) is 42.5 Å². The monoisotopic (exact) mass is 410 g/mol. The van der Waals surface area contributed by atoms with Gasteiger partial charge in [-0.25, -0.2) is 4.79 Å². The summed E-state index contributed by atoms with van der Waals surface area (Å²) in [6, 6.07) is 13.1. The van der Waals surface area contributed by atoms with Crippen molar-refractivity contribution in [3.05, 3.63) is 59.2 Å². The normalized spacial score (nSPS) is 19.1. The van der Waals surface area contributed by atoms with Gasteiger partial charge in [0.2, 0.25) is 0 Å². The van der Waals surface area contributed by atoms with E-state index in [-0.39, 0.29) is 5.91 Å². The summed E-state index contributed by atoms with van der Waals surface area (Å²) in [6.45, 7) is 3.39. The molecule has 0 aromatic heterocycles. The molecular formula is C23H26N2O5. The molecule has 7 nitrogen and oxygen atoms in total. The Balaban J connectivity index is 1.36. The lowest BCUT2D eigenvalue weighted by atomic mass is 9.98. The fourth-order valence-electron chi connectivity index (χ4n) is 4.05. The molecule has 0 spiro atoms. The standard InChI is InChI=1S/C23H26N2O5/c1-28-18-7-8-20(29-2)17(13-18)15-24-9-11-25(12-10-24)22(26)21-14-16-5-3-4-6-19(16)23(27)30-21/h3-8,13,21H,9-12,14-15H2,1-2H3/t21-/m0/s1. The van der Waals surface area contributed by atoms with Crippen molar-refractivity contribution >= 4 is 11.9 Å². The molecule has 2 heterocycles. The molecule has 0 N–H and O–H groups in total. The topological polar surface area (TPSA) is 68.3 Å². The molecule has 4 rings (SSSR count). The second-order valence-electron chi connectivity index (χ2n) is 7.53. The van der Waals surface area contributed by atoms with Crippen LogP contribution in [0, 0.1) is 0 Å². The highest BCUT2D eigenvalue weighted by Gasteiger charge is 2.35. The van der Waals surface area contributed by atoms with E-state index in [0.29, 0.717) is 31.6 Å². The van der Waals surface area contributed by atoms with E-state index in [0.717, 1.165) is 35.7 Å². The molecule has 158 valence electrons. The van der Waals surface area contributed by atoms with Crippen LogP contribution in [0.3, 0.4) is 0 Å². The number of amides is 1. The lowest BCUT2D eigenvalue weighted by Gasteiger charge is -2.37. The predicted octanol–water partition coefficient (Wildman–Crippen LogP) is 2.13. The number of benzene rings is 2. The Morgan fingerprint density at radius 3 is 2.57 bits per heavy atom. The number of esters is 1. The van der Waals surface area contributed by atoms with Crippen LogP contribution in [0.2, 0.25) is 0 Å². The van der Waals surface area contributed by atoms with Crippen LogP contribution in [-0.2, 0) is 22.5 Å². The number of carbonyl (C=O) groups excluding carboxylic acids is 2. The zero-order valence-corrected chi connectivity index (χ0v) is 17.3. The Morgan fingerprint density at radius 1 is 1.07 bits per heavy atom. The first kappa shape index (κ1) is 20.2. The number of hydrogen-bond donors (Lipinski definition) is 0. The molecule has 0 bridgehead atoms. The zero-order chi connectivity index (χ0) is 21.1. The van der Waals surface area contributed by atoms with Crippen molar-refractivity contribution in [2.24, 2.45) is 0 Å². The summed E-state index contributed by atoms with van der Waals surface area (Å²) in [5.74, 6) is 1.08. The summed E-state index contributed by atoms with van der Waals surface area (Å²) in [4.78, 5) is 29.3. The van der Waals surface area contributed by atoms with Crippen molar-refractivity contribution in [1.82, 2.24) is 9.80 Å². The maximum atomic E-state index is 13.0. The van der Waals surface area contributed by atoms with Crippen molar-refractivity contribution in [3.63, 3.8) is 0 Å². The second-order valence-corrected chi connectivity index (χ2v) is 7.53. The summed E-state index contributed by atoms with van der Waals surface area (Å²) in [5.41, 5.74) is 2.48. The van der Waals surface area contributed by atoms with Gasteiger partial charge in [-0.1, -0.05) is 18.2 Å². The molecule has 0 unspecified atom stereocenters. The third-order valence-electron chi connectivity index (χ3n) is 5.73. The predicted molar refractivity (Wildman–Crippen MR) is 111 cm³/mol. The highest BCUT2D eigenvalue weighted by atomic mass is 16.5. The first-order valence-corrected chi connectivity index (χ1v) is 10.1. The Bertz CT molecular complexity index is 937. The van der Waals surface area contributed by atoms with Gasteiger partial charge in [0, 0.05) is 44.7 Å². The van der Waals surface area contributed by atoms with Crippen LogP contribution >= 0.6 is 0 Å². The van der Waals surface area contributed by atoms with Crippen molar-refractivity contribution in [2.45, 2.75) is 19.1 Å². The quantitative estimate of drug-likeness (QED) is 0.704. The molecule has 1 atom stereocenters. The minimum absolute atomic E-state index is 0.114. The summed E-state index contributed by atoms with van der Waals surface area (Å²) in [6.07, 6.45) is -0.306. The molecule has 0 radical (unpaired) electrons. The van der Waals surface area contributed by atoms with E-state index in [1.165, 1.54) is 0 Å². The Hall–Kier alpha value is -3.06. The van der Waals surface area contributed by atoms with E-state index < -0.39 is 12.1 Å². The van der Waals surface area contributed by atoms with E-state index in [4.69, 9.17) is 14.2 Å². The number of methoxy groups -OCH3 is 2. The highest BCUT2D eigenvalue weighted by Crippen LogP contribution is 2.26. The summed E-state index contributed by atoms with van der Waals surface area (Å²) in [7, 11) is 3.30. The van der Waals surface area contributed by atoms with Gasteiger partial charge in [-0.2, -0.15) is 0 Å². The number of cyclic esters (lactones) is 1. The zero-order valence-electron chi connectivity index (χ0n) is 17.3. The lowest BCUT2D eigenvalue weighted by molar-refractivity contribution is -0.142. The fraction of sp³-hybridized carbons (Fsp3) is 0.391. The molecule has 1 amide bonds. The largest absolute Gasteiger partial charge is 0.497 e. The number of hydrogen-bond acceptors (Lipinski definition) is 6. The van der Waals surface area contributed by atoms with Crippen LogP contribution in [0.25, 0.3) is 0 Å². The maximum Gasteiger partial charge on any atom is 0.339 e. The molecule has 2 aliphatic rings. The second kappa shape index (κ2) is 8.75. The minimum Gasteiger partial charge on any atom is -0.497 e. The summed E-state index contributed by atoms with van der Waals surface area (Å²) < 4.78 is 16.2. The van der Waals surface area contributed by atoms with Crippen LogP contribution in [0.5, 0.6) is 11.5 Å². The van der Waals surface area contributed by atoms with E-state index in [2.05, 4.69) is 4.90 Å². The molecule has 0 saturated carbocycles. The molecule has 2 aliphatic heterocycles. The van der Waals surface area contributed by atoms with Gasteiger partial charge in [0.05, 0.1) is 19.8 Å². The number of rotatable bonds is 5. The minimum atomic E-state index is -0.738. The van der Waals surface area contributed by atoms with Crippen molar-refractivity contribution < 1.29 is 23.8 Å². The SMILES string of the molecule is COc1ccc(OC)c(CN2CCN(C(=O)[C@@H]3Cc4ccccc4C(=O)O3)CC2)c1. The Labute approximate surface area is 176 Å². The van der Waals surface area contributed by atoms with Crippen LogP contribution in [0.4, 0.5) is 0 Å². The molecule has 1 saturated heterocycles. The first-order chi connectivity index (χ1) is 14.6. The van der Waals surface area contributed by atoms with Gasteiger partial charge < -0.3 is 19.1 Å². The first-order valence-electron chi connectivity index (χ1n) is 10.1. The van der Waals surface area contributed by atoms with Crippen molar-refractivity contribution in [1.29, 1.82) is 0 Å². The van der Waals surface area contributed by atoms with Gasteiger partial charge in [-0.15, -0.1) is 0 Å². The molecule has 7 heteroatoms. The maximum absolute atomic E-state index is 13.0. The van der Waals surface area contributed by atoms with Gasteiger partial charge >= 0.3 is 5.97 Å². The van der Waals surface area contributed by atoms with Crippen LogP contribution < -0.4 is 9.47 Å². The molecule has 2 aromatic rings. The third-order valence-corrected chi connectivity index (χ3v) is 5.73. The fourth-order valence-corrected chi connectivity index (χ4v) is 4.05. The van der Waals surface area contributed by atoms with Crippen molar-refractivity contribution in [2.75, 3.05) is 40.4 Å². The average Bonchev–Trinajstić information content (AvgIpc) is 2.79. The highest BCUT2D eigenvalue weighted by molar-refractivity contribution is 5.95. The third kappa shape index (κ3) is 4.11. The molecule has 1 fully saturated rings. The molecule has 2 aromatic carbocycles. The number of fused-ring (bicyclic) bond motifs is 1. The van der Waals surface area contributed by atoms with E-state index in [1.807, 2.05) is 30.3 Å². The Kier molecular flexibility index (Phi) is 5.90. The van der Waals surface area contributed by atoms with E-state index in [1.54, 1.807) is 31.3 Å². The number of piperazine rings is 1. The van der Waals surface area contributed by atoms with Gasteiger partial charge in [-0.05, 0) is 29.8 Å². The van der Waals surface area contributed by atoms with Crippen molar-refractivity contribution in [3.8, 4) is 11.5 Å². The molecular weight excluding hydrogens is 384 g/mol. The lowest BCUT2D eigenvalue weighted by Crippen LogP contribution is -2.52. The summed E-state index contributed by atoms with van der Waals surface area (Å²) >= 11 is 0. The number of carbonyl (C=O) groups is 2. The molecule has 30 heavy (non-hydrogen) atoms. The Morgan fingerprint density at radius 2 is 1.83 bits per heavy atom. The number of ether oxygens (including phenoxy) is 3. The average molecular weight is 410 g/mol. The van der Waals surface area contributed by atoms with Crippen LogP contribution in [0.1, 0.15) is 21.5 Å². The summed E-state index contributed by atoms with van der Waals surface area (Å²) in [5, 5.41) is 0. The van der Waals surface area contributed by atoms with Gasteiger partial charge in [-0.3, -0.25) is 9.69 Å². The van der Waals surface area contributed by atoms with Crippen LogP contribution in [-0.4, -0.2) is 68.2 Å². The van der Waals surface area contributed by atoms with E-state index in [9.17, 15) is 9.59 Å². The van der Waals surface area contributed by atoms with Gasteiger partial charge in [0.25, 0.3) is 5.91 Å².